The zero-order valence-corrected chi connectivity index (χ0v) is 17.2. The van der Waals surface area contributed by atoms with Crippen LogP contribution in [0, 0.1) is 0 Å². The molecular formula is C22H30N4O3. The van der Waals surface area contributed by atoms with Crippen molar-refractivity contribution in [1.29, 1.82) is 0 Å². The molecule has 3 rings (SSSR count). The molecule has 0 unspecified atom stereocenters. The number of hydrogen-bond donors (Lipinski definition) is 3. The molecule has 2 atom stereocenters. The lowest BCUT2D eigenvalue weighted by atomic mass is 10.1. The van der Waals surface area contributed by atoms with Crippen LogP contribution < -0.4 is 10.6 Å². The number of rotatable bonds is 10. The molecule has 1 saturated heterocycles. The summed E-state index contributed by atoms with van der Waals surface area (Å²) < 4.78 is 0. The van der Waals surface area contributed by atoms with Crippen molar-refractivity contribution in [3.63, 3.8) is 0 Å². The van der Waals surface area contributed by atoms with E-state index in [0.29, 0.717) is 6.42 Å². The van der Waals surface area contributed by atoms with Gasteiger partial charge in [-0.1, -0.05) is 50.8 Å². The molecule has 29 heavy (non-hydrogen) atoms. The van der Waals surface area contributed by atoms with Gasteiger partial charge in [0.2, 0.25) is 5.91 Å². The van der Waals surface area contributed by atoms with E-state index in [1.165, 1.54) is 12.8 Å². The number of benzene rings is 1. The highest BCUT2D eigenvalue weighted by molar-refractivity contribution is 6.06. The van der Waals surface area contributed by atoms with Crippen LogP contribution in [-0.4, -0.2) is 46.4 Å². The number of nitrogens with one attached hydrogen (secondary N) is 3. The molecule has 1 aliphatic rings. The summed E-state index contributed by atoms with van der Waals surface area (Å²) >= 11 is 0. The Labute approximate surface area is 171 Å². The van der Waals surface area contributed by atoms with Crippen molar-refractivity contribution in [2.24, 2.45) is 0 Å². The fourth-order valence-corrected chi connectivity index (χ4v) is 3.80. The normalized spacial score (nSPS) is 17.6. The second-order valence-corrected chi connectivity index (χ2v) is 7.81. The summed E-state index contributed by atoms with van der Waals surface area (Å²) in [5, 5.41) is 6.63. The Morgan fingerprint density at radius 1 is 1.21 bits per heavy atom. The molecule has 7 nitrogen and oxygen atoms in total. The molecule has 1 fully saturated rings. The second kappa shape index (κ2) is 9.58. The summed E-state index contributed by atoms with van der Waals surface area (Å²) in [6.07, 6.45) is 7.73. The Bertz CT molecular complexity index is 876. The number of fused-ring (bicyclic) bond motifs is 1. The van der Waals surface area contributed by atoms with Gasteiger partial charge in [-0.25, -0.2) is 4.79 Å². The van der Waals surface area contributed by atoms with Crippen molar-refractivity contribution in [2.45, 2.75) is 64.5 Å². The third-order valence-corrected chi connectivity index (χ3v) is 5.41. The van der Waals surface area contributed by atoms with Gasteiger partial charge in [0, 0.05) is 29.6 Å². The van der Waals surface area contributed by atoms with E-state index in [0.717, 1.165) is 40.6 Å². The van der Waals surface area contributed by atoms with Crippen LogP contribution in [0.25, 0.3) is 10.9 Å². The average molecular weight is 399 g/mol. The van der Waals surface area contributed by atoms with Gasteiger partial charge in [0.15, 0.2) is 0 Å². The first-order valence-corrected chi connectivity index (χ1v) is 10.5. The van der Waals surface area contributed by atoms with Gasteiger partial charge in [0.1, 0.15) is 12.6 Å². The van der Waals surface area contributed by atoms with Crippen LogP contribution in [0.2, 0.25) is 0 Å². The summed E-state index contributed by atoms with van der Waals surface area (Å²) in [7, 11) is 0. The minimum atomic E-state index is -0.652. The zero-order chi connectivity index (χ0) is 20.8. The van der Waals surface area contributed by atoms with Crippen molar-refractivity contribution < 1.29 is 14.4 Å². The largest absolute Gasteiger partial charge is 0.361 e. The summed E-state index contributed by atoms with van der Waals surface area (Å²) in [5.41, 5.74) is 1.95. The molecule has 0 radical (unpaired) electrons. The highest BCUT2D eigenvalue weighted by Gasteiger charge is 2.39. The Balaban J connectivity index is 1.53. The third kappa shape index (κ3) is 5.16. The van der Waals surface area contributed by atoms with Gasteiger partial charge in [0.05, 0.1) is 0 Å². The van der Waals surface area contributed by atoms with Crippen molar-refractivity contribution in [2.75, 3.05) is 6.54 Å². The van der Waals surface area contributed by atoms with Gasteiger partial charge >= 0.3 is 6.03 Å². The maximum Gasteiger partial charge on any atom is 0.325 e. The molecule has 1 aromatic carbocycles. The summed E-state index contributed by atoms with van der Waals surface area (Å²) in [6, 6.07) is 6.70. The van der Waals surface area contributed by atoms with Gasteiger partial charge in [-0.15, -0.1) is 0 Å². The van der Waals surface area contributed by atoms with Crippen LogP contribution in [0.4, 0.5) is 4.79 Å². The number of unbranched alkanes of at least 4 members (excludes halogenated alkanes) is 3. The number of aromatic amines is 1. The van der Waals surface area contributed by atoms with Crippen molar-refractivity contribution in [1.82, 2.24) is 20.5 Å². The Morgan fingerprint density at radius 3 is 2.79 bits per heavy atom. The number of carbonyl (C=O) groups excluding carboxylic acids is 3. The maximum absolute atomic E-state index is 12.7. The predicted molar refractivity (Wildman–Crippen MR) is 112 cm³/mol. The van der Waals surface area contributed by atoms with Gasteiger partial charge in [-0.3, -0.25) is 14.5 Å². The molecule has 2 heterocycles. The maximum atomic E-state index is 12.7. The minimum absolute atomic E-state index is 0.0298. The van der Waals surface area contributed by atoms with Gasteiger partial charge in [0.25, 0.3) is 5.91 Å². The van der Waals surface area contributed by atoms with Crippen LogP contribution in [0.1, 0.15) is 51.5 Å². The van der Waals surface area contributed by atoms with Gasteiger partial charge < -0.3 is 15.6 Å². The second-order valence-electron chi connectivity index (χ2n) is 7.81. The lowest BCUT2D eigenvalue weighted by Crippen LogP contribution is -2.43. The standard InChI is InChI=1S/C22H30N4O3/c1-3-4-5-6-9-15(2)24-20(27)14-26-21(28)19(25-22(26)29)12-16-13-23-18-11-8-7-10-17(16)18/h7-8,10-11,13,15,19,23H,3-6,9,12,14H2,1-2H3,(H,24,27)(H,25,29)/t15-,19+/m1/s1. The lowest BCUT2D eigenvalue weighted by Gasteiger charge is -2.17. The van der Waals surface area contributed by atoms with E-state index < -0.39 is 12.1 Å². The molecule has 4 amide bonds. The SMILES string of the molecule is CCCCCC[C@@H](C)NC(=O)CN1C(=O)N[C@@H](Cc2c[nH]c3ccccc23)C1=O. The Hall–Kier alpha value is -2.83. The fraction of sp³-hybridized carbons (Fsp3) is 0.500. The molecule has 0 spiro atoms. The van der Waals surface area contributed by atoms with E-state index in [1.54, 1.807) is 0 Å². The predicted octanol–water partition coefficient (Wildman–Crippen LogP) is 3.11. The highest BCUT2D eigenvalue weighted by atomic mass is 16.2. The first-order chi connectivity index (χ1) is 14.0. The number of H-pyrrole nitrogens is 1. The summed E-state index contributed by atoms with van der Waals surface area (Å²) in [5.74, 6) is -0.657. The number of urea groups is 1. The summed E-state index contributed by atoms with van der Waals surface area (Å²) in [6.45, 7) is 3.87. The van der Waals surface area contributed by atoms with Gasteiger partial charge in [-0.2, -0.15) is 0 Å². The van der Waals surface area contributed by atoms with Crippen LogP contribution in [-0.2, 0) is 16.0 Å². The monoisotopic (exact) mass is 398 g/mol. The van der Waals surface area contributed by atoms with E-state index in [1.807, 2.05) is 37.4 Å². The van der Waals surface area contributed by atoms with Crippen molar-refractivity contribution in [3.05, 3.63) is 36.0 Å². The number of amides is 4. The topological polar surface area (TPSA) is 94.3 Å². The Morgan fingerprint density at radius 2 is 2.00 bits per heavy atom. The number of aromatic nitrogens is 1. The number of nitrogens with zero attached hydrogens (tertiary/aromatic N) is 1. The Kier molecular flexibility index (Phi) is 6.90. The number of carbonyl (C=O) groups is 3. The molecule has 2 aromatic rings. The van der Waals surface area contributed by atoms with Crippen LogP contribution in [0.15, 0.2) is 30.5 Å². The van der Waals surface area contributed by atoms with E-state index >= 15 is 0 Å². The quantitative estimate of drug-likeness (QED) is 0.424. The first-order valence-electron chi connectivity index (χ1n) is 10.5. The van der Waals surface area contributed by atoms with E-state index in [4.69, 9.17) is 0 Å². The van der Waals surface area contributed by atoms with E-state index in [2.05, 4.69) is 22.5 Å². The van der Waals surface area contributed by atoms with Crippen LogP contribution >= 0.6 is 0 Å². The molecule has 156 valence electrons. The van der Waals surface area contributed by atoms with Gasteiger partial charge in [-0.05, 0) is 25.0 Å². The molecule has 1 aliphatic heterocycles. The van der Waals surface area contributed by atoms with Crippen molar-refractivity contribution >= 4 is 28.7 Å². The zero-order valence-electron chi connectivity index (χ0n) is 17.2. The van der Waals surface area contributed by atoms with E-state index in [9.17, 15) is 14.4 Å². The number of hydrogen-bond acceptors (Lipinski definition) is 3. The number of para-hydroxylation sites is 1. The molecular weight excluding hydrogens is 368 g/mol. The summed E-state index contributed by atoms with van der Waals surface area (Å²) in [4.78, 5) is 41.4. The van der Waals surface area contributed by atoms with Crippen molar-refractivity contribution in [3.8, 4) is 0 Å². The number of imide groups is 1. The van der Waals surface area contributed by atoms with Crippen LogP contribution in [0.3, 0.4) is 0 Å². The highest BCUT2D eigenvalue weighted by Crippen LogP contribution is 2.21. The molecule has 7 heteroatoms. The molecule has 0 aliphatic carbocycles. The molecule has 1 aromatic heterocycles. The molecule has 0 bridgehead atoms. The molecule has 0 saturated carbocycles. The first kappa shape index (κ1) is 20.9. The smallest absolute Gasteiger partial charge is 0.325 e. The third-order valence-electron chi connectivity index (χ3n) is 5.41. The van der Waals surface area contributed by atoms with Crippen LogP contribution in [0.5, 0.6) is 0 Å². The minimum Gasteiger partial charge on any atom is -0.361 e. The fourth-order valence-electron chi connectivity index (χ4n) is 3.80. The average Bonchev–Trinajstić information content (AvgIpc) is 3.22. The molecule has 3 N–H and O–H groups in total. The van der Waals surface area contributed by atoms with E-state index in [-0.39, 0.29) is 24.4 Å². The lowest BCUT2D eigenvalue weighted by molar-refractivity contribution is -0.132.